The second kappa shape index (κ2) is 12.0. The maximum Gasteiger partial charge on any atom is 0.321 e. The molecule has 0 radical (unpaired) electrons. The third-order valence-electron chi connectivity index (χ3n) is 6.82. The van der Waals surface area contributed by atoms with Crippen molar-refractivity contribution in [2.75, 3.05) is 44.5 Å². The van der Waals surface area contributed by atoms with Crippen LogP contribution >= 0.6 is 0 Å². The fourth-order valence-electron chi connectivity index (χ4n) is 4.85. The molecule has 0 heterocycles. The number of hydrogen-bond donors (Lipinski definition) is 3. The van der Waals surface area contributed by atoms with Crippen molar-refractivity contribution in [1.29, 1.82) is 0 Å². The summed E-state index contributed by atoms with van der Waals surface area (Å²) < 4.78 is 57.8. The molecular weight excluding hydrogens is 564 g/mol. The summed E-state index contributed by atoms with van der Waals surface area (Å²) in [5, 5.41) is 12.3. The first kappa shape index (κ1) is 30.3. The minimum Gasteiger partial charge on any atom is -0.480 e. The zero-order valence-electron chi connectivity index (χ0n) is 23.3. The number of rotatable bonds is 12. The molecule has 1 atom stereocenters. The zero-order valence-corrected chi connectivity index (χ0v) is 25.0. The van der Waals surface area contributed by atoms with Crippen LogP contribution < -0.4 is 19.2 Å². The Balaban J connectivity index is 1.48. The summed E-state index contributed by atoms with van der Waals surface area (Å²) in [6, 6.07) is 19.2. The molecule has 0 aliphatic rings. The highest BCUT2D eigenvalue weighted by molar-refractivity contribution is 7.90. The first-order valence-electron chi connectivity index (χ1n) is 13.0. The van der Waals surface area contributed by atoms with Gasteiger partial charge in [0.1, 0.15) is 6.04 Å². The van der Waals surface area contributed by atoms with Crippen molar-refractivity contribution in [2.45, 2.75) is 28.7 Å². The molecule has 4 rings (SSSR count). The van der Waals surface area contributed by atoms with E-state index in [9.17, 15) is 26.7 Å². The summed E-state index contributed by atoms with van der Waals surface area (Å²) in [6.07, 6.45) is -0.0299. The van der Waals surface area contributed by atoms with Gasteiger partial charge in [-0.25, -0.2) is 21.6 Å². The van der Waals surface area contributed by atoms with Crippen molar-refractivity contribution in [3.63, 3.8) is 0 Å². The predicted octanol–water partition coefficient (Wildman–Crippen LogP) is 3.62. The summed E-state index contributed by atoms with van der Waals surface area (Å²) in [6.45, 7) is -0.0714. The molecule has 0 unspecified atom stereocenters. The summed E-state index contributed by atoms with van der Waals surface area (Å²) in [7, 11) is -0.671. The van der Waals surface area contributed by atoms with E-state index < -0.39 is 32.1 Å². The quantitative estimate of drug-likeness (QED) is 0.211. The molecule has 4 aromatic rings. The van der Waals surface area contributed by atoms with Crippen molar-refractivity contribution >= 4 is 58.9 Å². The van der Waals surface area contributed by atoms with Crippen molar-refractivity contribution < 1.29 is 26.7 Å². The van der Waals surface area contributed by atoms with Crippen molar-refractivity contribution in [1.82, 2.24) is 9.44 Å². The summed E-state index contributed by atoms with van der Waals surface area (Å²) in [5.41, 5.74) is 1.70. The fraction of sp³-hybridized carbons (Fsp3) is 0.276. The van der Waals surface area contributed by atoms with E-state index in [4.69, 9.17) is 0 Å². The molecule has 218 valence electrons. The SMILES string of the molecule is CN(C)c1cccc2c(S(=O)(=O)NCCC[C@H](NS(=O)(=O)c3cccc4c(N(C)C)cccc34)C(=O)O)cccc12. The van der Waals surface area contributed by atoms with Crippen molar-refractivity contribution in [3.8, 4) is 0 Å². The second-order valence-electron chi connectivity index (χ2n) is 10.1. The number of aliphatic carboxylic acids is 1. The third kappa shape index (κ3) is 6.46. The maximum atomic E-state index is 13.3. The van der Waals surface area contributed by atoms with Gasteiger partial charge in [0.2, 0.25) is 20.0 Å². The lowest BCUT2D eigenvalue weighted by Crippen LogP contribution is -2.41. The average Bonchev–Trinajstić information content (AvgIpc) is 2.92. The minimum absolute atomic E-state index is 0.0290. The van der Waals surface area contributed by atoms with Crippen LogP contribution in [0.3, 0.4) is 0 Å². The smallest absolute Gasteiger partial charge is 0.321 e. The Morgan fingerprint density at radius 1 is 0.707 bits per heavy atom. The van der Waals surface area contributed by atoms with Gasteiger partial charge in [0, 0.05) is 67.7 Å². The number of carbonyl (C=O) groups is 1. The number of nitrogens with one attached hydrogen (secondary N) is 2. The van der Waals surface area contributed by atoms with Gasteiger partial charge in [-0.3, -0.25) is 4.79 Å². The molecule has 0 amide bonds. The van der Waals surface area contributed by atoms with Crippen LogP contribution in [-0.4, -0.2) is 68.7 Å². The molecule has 0 saturated heterocycles. The van der Waals surface area contributed by atoms with Gasteiger partial charge in [-0.05, 0) is 37.1 Å². The summed E-state index contributed by atoms with van der Waals surface area (Å²) in [5.74, 6) is -1.35. The Hall–Kier alpha value is -3.71. The second-order valence-corrected chi connectivity index (χ2v) is 13.5. The normalized spacial score (nSPS) is 12.9. The number of hydrogen-bond acceptors (Lipinski definition) is 7. The van der Waals surface area contributed by atoms with Crippen LogP contribution in [0.15, 0.2) is 82.6 Å². The predicted molar refractivity (Wildman–Crippen MR) is 163 cm³/mol. The molecule has 0 aromatic heterocycles. The van der Waals surface area contributed by atoms with E-state index in [2.05, 4.69) is 9.44 Å². The van der Waals surface area contributed by atoms with E-state index in [1.165, 1.54) is 12.1 Å². The first-order chi connectivity index (χ1) is 19.3. The number of benzene rings is 4. The van der Waals surface area contributed by atoms with Crippen LogP contribution in [0.1, 0.15) is 12.8 Å². The highest BCUT2D eigenvalue weighted by Crippen LogP contribution is 2.31. The molecular formula is C29H34N4O6S2. The lowest BCUT2D eigenvalue weighted by Gasteiger charge is -2.19. The molecule has 0 saturated carbocycles. The van der Waals surface area contributed by atoms with Crippen molar-refractivity contribution in [3.05, 3.63) is 72.8 Å². The van der Waals surface area contributed by atoms with E-state index in [0.717, 1.165) is 16.8 Å². The minimum atomic E-state index is -4.21. The molecule has 12 heteroatoms. The number of carboxylic acid groups (broad SMARTS) is 1. The lowest BCUT2D eigenvalue weighted by atomic mass is 10.1. The molecule has 0 spiro atoms. The fourth-order valence-corrected chi connectivity index (χ4v) is 7.59. The number of fused-ring (bicyclic) bond motifs is 2. The van der Waals surface area contributed by atoms with Crippen LogP contribution in [0, 0.1) is 0 Å². The molecule has 3 N–H and O–H groups in total. The third-order valence-corrected chi connectivity index (χ3v) is 9.87. The molecule has 0 aliphatic heterocycles. The standard InChI is InChI=1S/C29H34N4O6S2/c1-32(2)25-15-5-12-22-20(25)10-7-17-27(22)40(36,37)30-19-9-14-24(29(34)35)31-41(38,39)28-18-8-11-21-23(28)13-6-16-26(21)33(3)4/h5-8,10-13,15-18,24,30-31H,9,14,19H2,1-4H3,(H,34,35)/t24-/m0/s1. The number of anilines is 2. The van der Waals surface area contributed by atoms with E-state index in [0.29, 0.717) is 16.2 Å². The van der Waals surface area contributed by atoms with Gasteiger partial charge in [-0.2, -0.15) is 4.72 Å². The van der Waals surface area contributed by atoms with E-state index >= 15 is 0 Å². The van der Waals surface area contributed by atoms with Gasteiger partial charge in [0.15, 0.2) is 0 Å². The highest BCUT2D eigenvalue weighted by Gasteiger charge is 2.27. The van der Waals surface area contributed by atoms with Gasteiger partial charge < -0.3 is 14.9 Å². The van der Waals surface area contributed by atoms with Gasteiger partial charge in [-0.15, -0.1) is 0 Å². The lowest BCUT2D eigenvalue weighted by molar-refractivity contribution is -0.139. The van der Waals surface area contributed by atoms with Crippen LogP contribution in [0.4, 0.5) is 11.4 Å². The Bertz CT molecular complexity index is 1810. The van der Waals surface area contributed by atoms with Gasteiger partial charge in [0.25, 0.3) is 0 Å². The highest BCUT2D eigenvalue weighted by atomic mass is 32.2. The average molecular weight is 599 g/mol. The van der Waals surface area contributed by atoms with E-state index in [-0.39, 0.29) is 29.2 Å². The van der Waals surface area contributed by atoms with Gasteiger partial charge in [0.05, 0.1) is 9.79 Å². The first-order valence-corrected chi connectivity index (χ1v) is 15.9. The Morgan fingerprint density at radius 3 is 1.61 bits per heavy atom. The molecule has 41 heavy (non-hydrogen) atoms. The Kier molecular flexibility index (Phi) is 8.88. The maximum absolute atomic E-state index is 13.3. The molecule has 0 bridgehead atoms. The van der Waals surface area contributed by atoms with Gasteiger partial charge >= 0.3 is 5.97 Å². The summed E-state index contributed by atoms with van der Waals surface area (Å²) in [4.78, 5) is 15.8. The number of nitrogens with zero attached hydrogens (tertiary/aromatic N) is 2. The molecule has 10 nitrogen and oxygen atoms in total. The molecule has 0 fully saturated rings. The van der Waals surface area contributed by atoms with E-state index in [1.54, 1.807) is 36.4 Å². The van der Waals surface area contributed by atoms with Crippen LogP contribution in [-0.2, 0) is 24.8 Å². The van der Waals surface area contributed by atoms with Crippen molar-refractivity contribution in [2.24, 2.45) is 0 Å². The summed E-state index contributed by atoms with van der Waals surface area (Å²) >= 11 is 0. The van der Waals surface area contributed by atoms with Crippen LogP contribution in [0.2, 0.25) is 0 Å². The largest absolute Gasteiger partial charge is 0.480 e. The van der Waals surface area contributed by atoms with Gasteiger partial charge in [-0.1, -0.05) is 48.5 Å². The monoisotopic (exact) mass is 598 g/mol. The Labute approximate surface area is 240 Å². The number of sulfonamides is 2. The van der Waals surface area contributed by atoms with Crippen LogP contribution in [0.5, 0.6) is 0 Å². The topological polar surface area (TPSA) is 136 Å². The zero-order chi connectivity index (χ0) is 29.9. The molecule has 4 aromatic carbocycles. The Morgan fingerprint density at radius 2 is 1.15 bits per heavy atom. The van der Waals surface area contributed by atoms with Crippen LogP contribution in [0.25, 0.3) is 21.5 Å². The molecule has 0 aliphatic carbocycles. The van der Waals surface area contributed by atoms with E-state index in [1.807, 2.05) is 62.3 Å². The number of carboxylic acids is 1.